The van der Waals surface area contributed by atoms with E-state index in [-0.39, 0.29) is 22.9 Å². The van der Waals surface area contributed by atoms with Gasteiger partial charge in [0.05, 0.1) is 0 Å². The third-order valence-electron chi connectivity index (χ3n) is 9.56. The fourth-order valence-electron chi connectivity index (χ4n) is 8.40. The number of Topliss-reactive ketones (excluding diaryl/α,β-unsaturated/α-hetero) is 1. The molecule has 3 heteroatoms. The lowest BCUT2D eigenvalue weighted by Crippen LogP contribution is -2.57. The Kier molecular flexibility index (Phi) is 2.86. The lowest BCUT2D eigenvalue weighted by Gasteiger charge is -2.59. The Balaban J connectivity index is 1.55. The highest BCUT2D eigenvalue weighted by Gasteiger charge is 2.78. The summed E-state index contributed by atoms with van der Waals surface area (Å²) in [6.07, 6.45) is 9.14. The molecule has 3 nitrogen and oxygen atoms in total. The van der Waals surface area contributed by atoms with Crippen molar-refractivity contribution in [3.8, 4) is 0 Å². The molecule has 1 spiro atoms. The van der Waals surface area contributed by atoms with Crippen LogP contribution in [0.25, 0.3) is 0 Å². The molecule has 0 aromatic carbocycles. The zero-order valence-electron chi connectivity index (χ0n) is 15.3. The summed E-state index contributed by atoms with van der Waals surface area (Å²) in [4.78, 5) is 24.3. The number of fused-ring (bicyclic) bond motifs is 4. The van der Waals surface area contributed by atoms with Crippen LogP contribution in [-0.4, -0.2) is 17.9 Å². The molecular weight excluding hydrogens is 300 g/mol. The van der Waals surface area contributed by atoms with E-state index in [4.69, 9.17) is 4.74 Å². The third kappa shape index (κ3) is 1.56. The Morgan fingerprint density at radius 3 is 2.62 bits per heavy atom. The molecule has 0 heterocycles. The fraction of sp³-hybridized carbons (Fsp3) is 0.905. The molecule has 0 aromatic rings. The SMILES string of the molecule is CC(=O)O[C@@H]1C[C@H]2[C@@H]3CCC(=O)[C@@]3(C)CC[C@@H]2[C@@]2(C)CC[C@H]3C[C@]312. The van der Waals surface area contributed by atoms with Crippen molar-refractivity contribution in [1.29, 1.82) is 0 Å². The van der Waals surface area contributed by atoms with Gasteiger partial charge in [-0.3, -0.25) is 9.59 Å². The molecule has 0 unspecified atom stereocenters. The van der Waals surface area contributed by atoms with Gasteiger partial charge in [-0.2, -0.15) is 0 Å². The Bertz CT molecular complexity index is 627. The van der Waals surface area contributed by atoms with E-state index >= 15 is 0 Å². The molecule has 5 saturated carbocycles. The largest absolute Gasteiger partial charge is 0.462 e. The van der Waals surface area contributed by atoms with Crippen molar-refractivity contribution in [3.05, 3.63) is 0 Å². The zero-order chi connectivity index (χ0) is 16.9. The van der Waals surface area contributed by atoms with Crippen LogP contribution in [0.5, 0.6) is 0 Å². The number of hydrogen-bond acceptors (Lipinski definition) is 3. The molecule has 132 valence electrons. The van der Waals surface area contributed by atoms with Gasteiger partial charge in [0.1, 0.15) is 11.9 Å². The second-order valence-corrected chi connectivity index (χ2v) is 10.0. The van der Waals surface area contributed by atoms with Crippen LogP contribution >= 0.6 is 0 Å². The summed E-state index contributed by atoms with van der Waals surface area (Å²) in [5.41, 5.74) is 0.508. The summed E-state index contributed by atoms with van der Waals surface area (Å²) in [7, 11) is 0. The van der Waals surface area contributed by atoms with E-state index in [0.29, 0.717) is 23.0 Å². The maximum Gasteiger partial charge on any atom is 0.302 e. The molecule has 24 heavy (non-hydrogen) atoms. The highest BCUT2D eigenvalue weighted by molar-refractivity contribution is 5.87. The molecule has 0 saturated heterocycles. The average molecular weight is 330 g/mol. The molecule has 5 aliphatic carbocycles. The number of carbonyl (C=O) groups excluding carboxylic acids is 2. The summed E-state index contributed by atoms with van der Waals surface area (Å²) in [6, 6.07) is 0. The van der Waals surface area contributed by atoms with Crippen LogP contribution in [-0.2, 0) is 14.3 Å². The van der Waals surface area contributed by atoms with Gasteiger partial charge in [0, 0.05) is 24.2 Å². The van der Waals surface area contributed by atoms with Crippen LogP contribution in [0, 0.1) is 39.9 Å². The van der Waals surface area contributed by atoms with E-state index in [1.807, 2.05) is 0 Å². The van der Waals surface area contributed by atoms with Gasteiger partial charge in [-0.15, -0.1) is 0 Å². The first-order valence-electron chi connectivity index (χ1n) is 10.0. The summed E-state index contributed by atoms with van der Waals surface area (Å²) < 4.78 is 5.95. The van der Waals surface area contributed by atoms with Crippen LogP contribution in [0.4, 0.5) is 0 Å². The number of hydrogen-bond donors (Lipinski definition) is 0. The van der Waals surface area contributed by atoms with Gasteiger partial charge < -0.3 is 4.74 Å². The fourth-order valence-corrected chi connectivity index (χ4v) is 8.40. The Morgan fingerprint density at radius 2 is 1.92 bits per heavy atom. The van der Waals surface area contributed by atoms with E-state index in [2.05, 4.69) is 13.8 Å². The normalized spacial score (nSPS) is 57.6. The van der Waals surface area contributed by atoms with Crippen molar-refractivity contribution >= 4 is 11.8 Å². The van der Waals surface area contributed by atoms with Gasteiger partial charge in [-0.05, 0) is 74.0 Å². The number of carbonyl (C=O) groups is 2. The lowest BCUT2D eigenvalue weighted by molar-refractivity contribution is -0.180. The first-order valence-corrected chi connectivity index (χ1v) is 10.0. The van der Waals surface area contributed by atoms with Crippen molar-refractivity contribution in [3.63, 3.8) is 0 Å². The molecule has 0 bridgehead atoms. The average Bonchev–Trinajstić information content (AvgIpc) is 3.08. The molecule has 0 radical (unpaired) electrons. The van der Waals surface area contributed by atoms with Crippen LogP contribution < -0.4 is 0 Å². The van der Waals surface area contributed by atoms with Gasteiger partial charge in [0.15, 0.2) is 0 Å². The van der Waals surface area contributed by atoms with Crippen LogP contribution in [0.15, 0.2) is 0 Å². The maximum absolute atomic E-state index is 12.6. The summed E-state index contributed by atoms with van der Waals surface area (Å²) in [5, 5.41) is 0. The molecule has 0 amide bonds. The first kappa shape index (κ1) is 15.4. The standard InChI is InChI=1S/C21H30O3/c1-12(22)24-18-10-14-15-4-5-17(23)19(15,2)8-7-16(14)20(3)9-6-13-11-21(13,18)20/h13-16,18H,4-11H2,1-3H3/t13-,14-,15-,16-,18+,19-,20+,21-/m0/s1. The maximum atomic E-state index is 12.6. The predicted octanol–water partition coefficient (Wildman–Crippen LogP) is 4.14. The molecule has 5 fully saturated rings. The second kappa shape index (κ2) is 4.45. The van der Waals surface area contributed by atoms with E-state index in [0.717, 1.165) is 37.5 Å². The zero-order valence-corrected chi connectivity index (χ0v) is 15.3. The van der Waals surface area contributed by atoms with Crippen molar-refractivity contribution in [2.75, 3.05) is 0 Å². The van der Waals surface area contributed by atoms with E-state index in [1.165, 1.54) is 25.7 Å². The quantitative estimate of drug-likeness (QED) is 0.679. The van der Waals surface area contributed by atoms with Gasteiger partial charge in [0.25, 0.3) is 0 Å². The molecule has 8 atom stereocenters. The highest BCUT2D eigenvalue weighted by Crippen LogP contribution is 2.81. The first-order chi connectivity index (χ1) is 11.3. The molecule has 5 rings (SSSR count). The highest BCUT2D eigenvalue weighted by atomic mass is 16.5. The van der Waals surface area contributed by atoms with Crippen LogP contribution in [0.2, 0.25) is 0 Å². The Labute approximate surface area is 144 Å². The topological polar surface area (TPSA) is 43.4 Å². The third-order valence-corrected chi connectivity index (χ3v) is 9.56. The van der Waals surface area contributed by atoms with Crippen LogP contribution in [0.1, 0.15) is 72.1 Å². The summed E-state index contributed by atoms with van der Waals surface area (Å²) in [6.45, 7) is 6.30. The molecular formula is C21H30O3. The predicted molar refractivity (Wildman–Crippen MR) is 90.1 cm³/mol. The smallest absolute Gasteiger partial charge is 0.302 e. The summed E-state index contributed by atoms with van der Waals surface area (Å²) in [5.74, 6) is 3.00. The minimum absolute atomic E-state index is 0.0929. The molecule has 0 N–H and O–H groups in total. The Morgan fingerprint density at radius 1 is 1.12 bits per heavy atom. The minimum atomic E-state index is -0.117. The van der Waals surface area contributed by atoms with Crippen LogP contribution in [0.3, 0.4) is 0 Å². The molecule has 0 aliphatic heterocycles. The Hall–Kier alpha value is -0.860. The van der Waals surface area contributed by atoms with Gasteiger partial charge in [-0.25, -0.2) is 0 Å². The summed E-state index contributed by atoms with van der Waals surface area (Å²) >= 11 is 0. The number of ketones is 1. The lowest BCUT2D eigenvalue weighted by atomic mass is 9.46. The number of rotatable bonds is 1. The molecule has 0 aromatic heterocycles. The van der Waals surface area contributed by atoms with Crippen molar-refractivity contribution in [2.24, 2.45) is 39.9 Å². The van der Waals surface area contributed by atoms with Crippen molar-refractivity contribution in [1.82, 2.24) is 0 Å². The van der Waals surface area contributed by atoms with E-state index in [1.54, 1.807) is 6.92 Å². The van der Waals surface area contributed by atoms with E-state index < -0.39 is 0 Å². The number of esters is 1. The van der Waals surface area contributed by atoms with E-state index in [9.17, 15) is 9.59 Å². The minimum Gasteiger partial charge on any atom is -0.462 e. The second-order valence-electron chi connectivity index (χ2n) is 10.0. The monoisotopic (exact) mass is 330 g/mol. The van der Waals surface area contributed by atoms with Gasteiger partial charge in [-0.1, -0.05) is 13.8 Å². The van der Waals surface area contributed by atoms with Crippen molar-refractivity contribution < 1.29 is 14.3 Å². The van der Waals surface area contributed by atoms with Gasteiger partial charge >= 0.3 is 5.97 Å². The van der Waals surface area contributed by atoms with Gasteiger partial charge in [0.2, 0.25) is 0 Å². The van der Waals surface area contributed by atoms with Crippen molar-refractivity contribution in [2.45, 2.75) is 78.2 Å². The molecule has 5 aliphatic rings. The number of ether oxygens (including phenoxy) is 1.